The second kappa shape index (κ2) is 9.51. The number of fused-ring (bicyclic) bond motifs is 1. The highest BCUT2D eigenvalue weighted by Gasteiger charge is 2.33. The number of hydrogen-bond donors (Lipinski definition) is 1. The third-order valence-electron chi connectivity index (χ3n) is 7.26. The van der Waals surface area contributed by atoms with Crippen LogP contribution in [0.2, 0.25) is 0 Å². The Morgan fingerprint density at radius 3 is 2.91 bits per heavy atom. The van der Waals surface area contributed by atoms with Crippen LogP contribution in [0.4, 0.5) is 0 Å². The van der Waals surface area contributed by atoms with E-state index >= 15 is 0 Å². The van der Waals surface area contributed by atoms with Crippen LogP contribution in [0.25, 0.3) is 0 Å². The topological polar surface area (TPSA) is 78.5 Å². The van der Waals surface area contributed by atoms with Crippen LogP contribution in [-0.2, 0) is 24.3 Å². The predicted molar refractivity (Wildman–Crippen MR) is 126 cm³/mol. The average Bonchev–Trinajstić information content (AvgIpc) is 3.35. The number of carbonyl (C=O) groups excluding carboxylic acids is 1. The Morgan fingerprint density at radius 1 is 1.21 bits per heavy atom. The number of nitrogens with one attached hydrogen (secondary N) is 1. The van der Waals surface area contributed by atoms with E-state index < -0.39 is 0 Å². The van der Waals surface area contributed by atoms with Crippen molar-refractivity contribution in [2.75, 3.05) is 26.7 Å². The maximum absolute atomic E-state index is 13.0. The van der Waals surface area contributed by atoms with Crippen LogP contribution >= 0.6 is 0 Å². The van der Waals surface area contributed by atoms with Gasteiger partial charge in [0.1, 0.15) is 11.6 Å². The minimum absolute atomic E-state index is 0.0399. The molecule has 7 nitrogen and oxygen atoms in total. The van der Waals surface area contributed by atoms with Gasteiger partial charge < -0.3 is 14.6 Å². The molecular formula is C26H32N4O3. The number of hydrogen-bond acceptors (Lipinski definition) is 5. The molecular weight excluding hydrogens is 416 g/mol. The molecule has 2 unspecified atom stereocenters. The van der Waals surface area contributed by atoms with Crippen LogP contribution in [0.1, 0.15) is 54.2 Å². The number of benzene rings is 1. The highest BCUT2D eigenvalue weighted by Crippen LogP contribution is 2.29. The number of aromatic amines is 1. The van der Waals surface area contributed by atoms with Crippen molar-refractivity contribution in [2.45, 2.75) is 51.1 Å². The summed E-state index contributed by atoms with van der Waals surface area (Å²) in [5.74, 6) is 2.09. The van der Waals surface area contributed by atoms with Gasteiger partial charge in [-0.1, -0.05) is 30.4 Å². The van der Waals surface area contributed by atoms with Gasteiger partial charge in [0.25, 0.3) is 5.56 Å². The number of amides is 1. The lowest BCUT2D eigenvalue weighted by atomic mass is 9.93. The predicted octanol–water partition coefficient (Wildman–Crippen LogP) is 3.01. The fourth-order valence-corrected chi connectivity index (χ4v) is 5.36. The van der Waals surface area contributed by atoms with Gasteiger partial charge in [-0.25, -0.2) is 4.98 Å². The maximum Gasteiger partial charge on any atom is 0.255 e. The molecule has 1 aliphatic carbocycles. The number of ether oxygens (including phenoxy) is 1. The molecule has 3 aliphatic rings. The lowest BCUT2D eigenvalue weighted by Crippen LogP contribution is -2.37. The highest BCUT2D eigenvalue weighted by atomic mass is 16.5. The molecule has 1 saturated heterocycles. The van der Waals surface area contributed by atoms with Crippen molar-refractivity contribution in [3.63, 3.8) is 0 Å². The highest BCUT2D eigenvalue weighted by molar-refractivity contribution is 5.79. The zero-order valence-corrected chi connectivity index (χ0v) is 19.3. The standard InChI is InChI=1S/C26H32N4O3/c1-33-23-10-6-5-9-19(23)15-29-13-12-22-21(17-29)25(31)28-24(27-22)20-11-14-30(16-20)26(32)18-7-3-2-4-8-18/h2-3,5-6,9-10,18,20H,4,7-8,11-17H2,1H3,(H,27,28,31). The van der Waals surface area contributed by atoms with Crippen molar-refractivity contribution >= 4 is 5.91 Å². The minimum atomic E-state index is -0.0399. The first-order chi connectivity index (χ1) is 16.1. The number of allylic oxidation sites excluding steroid dienone is 2. The van der Waals surface area contributed by atoms with Crippen LogP contribution in [0.3, 0.4) is 0 Å². The van der Waals surface area contributed by atoms with E-state index in [0.29, 0.717) is 13.1 Å². The Bertz CT molecular complexity index is 1110. The van der Waals surface area contributed by atoms with Crippen molar-refractivity contribution in [3.8, 4) is 5.75 Å². The van der Waals surface area contributed by atoms with Gasteiger partial charge in [-0.05, 0) is 31.7 Å². The SMILES string of the molecule is COc1ccccc1CN1CCc2nc(C3CCN(C(=O)C4CC=CCC4)C3)[nH]c(=O)c2C1. The molecule has 0 spiro atoms. The quantitative estimate of drug-likeness (QED) is 0.712. The van der Waals surface area contributed by atoms with E-state index in [0.717, 1.165) is 80.1 Å². The summed E-state index contributed by atoms with van der Waals surface area (Å²) in [5, 5.41) is 0. The fourth-order valence-electron chi connectivity index (χ4n) is 5.36. The monoisotopic (exact) mass is 448 g/mol. The summed E-state index contributed by atoms with van der Waals surface area (Å²) < 4.78 is 5.48. The van der Waals surface area contributed by atoms with Gasteiger partial charge in [0.15, 0.2) is 0 Å². The first-order valence-electron chi connectivity index (χ1n) is 12.0. The van der Waals surface area contributed by atoms with E-state index in [1.54, 1.807) is 7.11 Å². The van der Waals surface area contributed by atoms with E-state index in [2.05, 4.69) is 28.1 Å². The third kappa shape index (κ3) is 4.60. The first-order valence-corrected chi connectivity index (χ1v) is 12.0. The van der Waals surface area contributed by atoms with Gasteiger partial charge in [-0.2, -0.15) is 0 Å². The molecule has 3 heterocycles. The van der Waals surface area contributed by atoms with E-state index in [1.807, 2.05) is 23.1 Å². The molecule has 2 atom stereocenters. The van der Waals surface area contributed by atoms with Crippen LogP contribution in [0.15, 0.2) is 41.2 Å². The molecule has 7 heteroatoms. The Morgan fingerprint density at radius 2 is 2.09 bits per heavy atom. The van der Waals surface area contributed by atoms with E-state index in [1.165, 1.54) is 0 Å². The molecule has 33 heavy (non-hydrogen) atoms. The van der Waals surface area contributed by atoms with Gasteiger partial charge in [0.2, 0.25) is 5.91 Å². The van der Waals surface area contributed by atoms with Crippen molar-refractivity contribution in [3.05, 3.63) is 69.4 Å². The Balaban J connectivity index is 1.26. The number of rotatable bonds is 5. The molecule has 2 aromatic rings. The summed E-state index contributed by atoms with van der Waals surface area (Å²) in [6.07, 6.45) is 8.67. The Labute approximate surface area is 194 Å². The van der Waals surface area contributed by atoms with Crippen molar-refractivity contribution < 1.29 is 9.53 Å². The summed E-state index contributed by atoms with van der Waals surface area (Å²) in [7, 11) is 1.68. The van der Waals surface area contributed by atoms with E-state index in [9.17, 15) is 9.59 Å². The second-order valence-electron chi connectivity index (χ2n) is 9.40. The number of carbonyl (C=O) groups is 1. The lowest BCUT2D eigenvalue weighted by molar-refractivity contribution is -0.134. The van der Waals surface area contributed by atoms with Gasteiger partial charge >= 0.3 is 0 Å². The zero-order chi connectivity index (χ0) is 22.8. The van der Waals surface area contributed by atoms with Gasteiger partial charge in [0.05, 0.1) is 18.4 Å². The first kappa shape index (κ1) is 21.9. The number of para-hydroxylation sites is 1. The second-order valence-corrected chi connectivity index (χ2v) is 9.40. The summed E-state index contributed by atoms with van der Waals surface area (Å²) in [6, 6.07) is 8.01. The van der Waals surface area contributed by atoms with Gasteiger partial charge in [-0.15, -0.1) is 0 Å². The van der Waals surface area contributed by atoms with Gasteiger partial charge in [0, 0.05) is 56.5 Å². The number of H-pyrrole nitrogens is 1. The van der Waals surface area contributed by atoms with Crippen molar-refractivity contribution in [1.82, 2.24) is 19.8 Å². The van der Waals surface area contributed by atoms with E-state index in [4.69, 9.17) is 9.72 Å². The van der Waals surface area contributed by atoms with Crippen molar-refractivity contribution in [1.29, 1.82) is 0 Å². The third-order valence-corrected chi connectivity index (χ3v) is 7.26. The maximum atomic E-state index is 13.0. The molecule has 2 aliphatic heterocycles. The molecule has 5 rings (SSSR count). The number of nitrogens with zero attached hydrogens (tertiary/aromatic N) is 3. The summed E-state index contributed by atoms with van der Waals surface area (Å²) >= 11 is 0. The molecule has 1 aromatic carbocycles. The molecule has 1 aromatic heterocycles. The number of methoxy groups -OCH3 is 1. The molecule has 174 valence electrons. The number of likely N-dealkylation sites (tertiary alicyclic amines) is 1. The fraction of sp³-hybridized carbons (Fsp3) is 0.500. The molecule has 1 N–H and O–H groups in total. The molecule has 0 radical (unpaired) electrons. The Kier molecular flexibility index (Phi) is 6.31. The number of aromatic nitrogens is 2. The van der Waals surface area contributed by atoms with Gasteiger partial charge in [-0.3, -0.25) is 14.5 Å². The Hall–Kier alpha value is -2.93. The van der Waals surface area contributed by atoms with Crippen LogP contribution in [0, 0.1) is 5.92 Å². The zero-order valence-electron chi connectivity index (χ0n) is 19.3. The molecule has 0 saturated carbocycles. The summed E-state index contributed by atoms with van der Waals surface area (Å²) in [6.45, 7) is 3.57. The van der Waals surface area contributed by atoms with Crippen molar-refractivity contribution in [2.24, 2.45) is 5.92 Å². The summed E-state index contributed by atoms with van der Waals surface area (Å²) in [4.78, 5) is 38.1. The van der Waals surface area contributed by atoms with Crippen LogP contribution in [0.5, 0.6) is 5.75 Å². The largest absolute Gasteiger partial charge is 0.496 e. The molecule has 0 bridgehead atoms. The average molecular weight is 449 g/mol. The molecule has 1 fully saturated rings. The minimum Gasteiger partial charge on any atom is -0.496 e. The lowest BCUT2D eigenvalue weighted by Gasteiger charge is -2.28. The van der Waals surface area contributed by atoms with E-state index in [-0.39, 0.29) is 23.3 Å². The van der Waals surface area contributed by atoms with Crippen LogP contribution < -0.4 is 10.3 Å². The molecule has 1 amide bonds. The normalized spacial score (nSPS) is 22.9. The smallest absolute Gasteiger partial charge is 0.255 e. The van der Waals surface area contributed by atoms with Crippen LogP contribution in [-0.4, -0.2) is 52.4 Å². The summed E-state index contributed by atoms with van der Waals surface area (Å²) in [5.41, 5.74) is 2.75.